The number of rotatable bonds is 4. The smallest absolute Gasteiger partial charge is 0.0630 e. The summed E-state index contributed by atoms with van der Waals surface area (Å²) in [5.41, 5.74) is 7.94. The van der Waals surface area contributed by atoms with Crippen LogP contribution in [0, 0.1) is 0 Å². The van der Waals surface area contributed by atoms with Gasteiger partial charge in [-0.25, -0.2) is 0 Å². The molecule has 1 aromatic carbocycles. The lowest BCUT2D eigenvalue weighted by atomic mass is 10.1. The highest BCUT2D eigenvalue weighted by atomic mass is 15.3. The second kappa shape index (κ2) is 5.21. The SMILES string of the molecule is CC(Cn1cccn1)Nc1ccc2cnccc2c1N. The van der Waals surface area contributed by atoms with E-state index in [4.69, 9.17) is 5.73 Å². The molecular weight excluding hydrogens is 250 g/mol. The van der Waals surface area contributed by atoms with E-state index >= 15 is 0 Å². The minimum atomic E-state index is 0.233. The molecule has 5 nitrogen and oxygen atoms in total. The molecule has 0 saturated carbocycles. The predicted octanol–water partition coefficient (Wildman–Crippen LogP) is 2.51. The number of nitrogen functional groups attached to an aromatic ring is 1. The Kier molecular flexibility index (Phi) is 3.25. The van der Waals surface area contributed by atoms with Crippen LogP contribution in [-0.2, 0) is 6.54 Å². The van der Waals surface area contributed by atoms with E-state index in [1.807, 2.05) is 41.3 Å². The highest BCUT2D eigenvalue weighted by molar-refractivity contribution is 5.98. The molecule has 0 bridgehead atoms. The molecule has 1 unspecified atom stereocenters. The summed E-state index contributed by atoms with van der Waals surface area (Å²) in [7, 11) is 0. The Morgan fingerprint density at radius 2 is 2.20 bits per heavy atom. The van der Waals surface area contributed by atoms with Crippen molar-refractivity contribution < 1.29 is 0 Å². The average Bonchev–Trinajstić information content (AvgIpc) is 2.95. The summed E-state index contributed by atoms with van der Waals surface area (Å²) in [4.78, 5) is 4.11. The van der Waals surface area contributed by atoms with E-state index in [1.54, 1.807) is 12.4 Å². The Labute approximate surface area is 117 Å². The molecular formula is C15H17N5. The van der Waals surface area contributed by atoms with Crippen molar-refractivity contribution >= 4 is 22.1 Å². The van der Waals surface area contributed by atoms with Gasteiger partial charge in [0.2, 0.25) is 0 Å². The van der Waals surface area contributed by atoms with Gasteiger partial charge in [0.1, 0.15) is 0 Å². The van der Waals surface area contributed by atoms with Gasteiger partial charge in [-0.15, -0.1) is 0 Å². The fourth-order valence-electron chi connectivity index (χ4n) is 2.32. The number of nitrogens with one attached hydrogen (secondary N) is 1. The molecule has 0 amide bonds. The summed E-state index contributed by atoms with van der Waals surface area (Å²) >= 11 is 0. The number of nitrogens with zero attached hydrogens (tertiary/aromatic N) is 3. The van der Waals surface area contributed by atoms with E-state index in [9.17, 15) is 0 Å². The Morgan fingerprint density at radius 3 is 3.00 bits per heavy atom. The van der Waals surface area contributed by atoms with Crippen molar-refractivity contribution in [2.24, 2.45) is 0 Å². The van der Waals surface area contributed by atoms with Gasteiger partial charge in [-0.2, -0.15) is 5.10 Å². The zero-order chi connectivity index (χ0) is 13.9. The molecule has 102 valence electrons. The first-order valence-electron chi connectivity index (χ1n) is 6.60. The van der Waals surface area contributed by atoms with Crippen LogP contribution in [-0.4, -0.2) is 20.8 Å². The monoisotopic (exact) mass is 267 g/mol. The van der Waals surface area contributed by atoms with Crippen LogP contribution in [0.3, 0.4) is 0 Å². The van der Waals surface area contributed by atoms with Crippen molar-refractivity contribution in [1.82, 2.24) is 14.8 Å². The maximum atomic E-state index is 6.23. The molecule has 2 aromatic heterocycles. The van der Waals surface area contributed by atoms with Gasteiger partial charge < -0.3 is 11.1 Å². The number of anilines is 2. The second-order valence-corrected chi connectivity index (χ2v) is 4.90. The quantitative estimate of drug-likeness (QED) is 0.713. The Hall–Kier alpha value is -2.56. The number of nitrogens with two attached hydrogens (primary N) is 1. The van der Waals surface area contributed by atoms with E-state index in [1.165, 1.54) is 0 Å². The van der Waals surface area contributed by atoms with Gasteiger partial charge >= 0.3 is 0 Å². The minimum absolute atomic E-state index is 0.233. The number of pyridine rings is 1. The zero-order valence-corrected chi connectivity index (χ0v) is 11.3. The molecule has 5 heteroatoms. The van der Waals surface area contributed by atoms with E-state index in [-0.39, 0.29) is 6.04 Å². The molecule has 20 heavy (non-hydrogen) atoms. The van der Waals surface area contributed by atoms with Crippen LogP contribution >= 0.6 is 0 Å². The van der Waals surface area contributed by atoms with E-state index in [0.29, 0.717) is 0 Å². The topological polar surface area (TPSA) is 68.8 Å². The maximum absolute atomic E-state index is 6.23. The normalized spacial score (nSPS) is 12.4. The molecule has 0 aliphatic rings. The van der Waals surface area contributed by atoms with Crippen LogP contribution in [0.15, 0.2) is 49.1 Å². The maximum Gasteiger partial charge on any atom is 0.0630 e. The molecule has 3 rings (SSSR count). The van der Waals surface area contributed by atoms with Crippen molar-refractivity contribution in [3.8, 4) is 0 Å². The third-order valence-electron chi connectivity index (χ3n) is 3.28. The lowest BCUT2D eigenvalue weighted by Crippen LogP contribution is -2.22. The van der Waals surface area contributed by atoms with E-state index in [0.717, 1.165) is 28.7 Å². The fraction of sp³-hybridized carbons (Fsp3) is 0.200. The van der Waals surface area contributed by atoms with Gasteiger partial charge in [0.25, 0.3) is 0 Å². The number of aromatic nitrogens is 3. The summed E-state index contributed by atoms with van der Waals surface area (Å²) < 4.78 is 1.90. The summed E-state index contributed by atoms with van der Waals surface area (Å²) in [6, 6.07) is 8.12. The standard InChI is InChI=1S/C15H17N5/c1-11(10-20-8-2-6-18-20)19-14-4-3-12-9-17-7-5-13(12)15(14)16/h2-9,11,19H,10,16H2,1H3. The summed E-state index contributed by atoms with van der Waals surface area (Å²) in [6.07, 6.45) is 7.32. The van der Waals surface area contributed by atoms with Crippen LogP contribution in [0.4, 0.5) is 11.4 Å². The molecule has 2 heterocycles. The molecule has 0 saturated heterocycles. The molecule has 0 aliphatic carbocycles. The number of hydrogen-bond acceptors (Lipinski definition) is 4. The van der Waals surface area contributed by atoms with Crippen molar-refractivity contribution in [2.45, 2.75) is 19.5 Å². The molecule has 0 fully saturated rings. The highest BCUT2D eigenvalue weighted by Crippen LogP contribution is 2.28. The van der Waals surface area contributed by atoms with Crippen LogP contribution in [0.25, 0.3) is 10.8 Å². The molecule has 0 spiro atoms. The lowest BCUT2D eigenvalue weighted by Gasteiger charge is -2.17. The van der Waals surface area contributed by atoms with Gasteiger partial charge in [-0.05, 0) is 25.1 Å². The first-order chi connectivity index (χ1) is 9.74. The first kappa shape index (κ1) is 12.5. The summed E-state index contributed by atoms with van der Waals surface area (Å²) in [5.74, 6) is 0. The van der Waals surface area contributed by atoms with Crippen LogP contribution in [0.1, 0.15) is 6.92 Å². The van der Waals surface area contributed by atoms with Gasteiger partial charge in [0, 0.05) is 41.6 Å². The highest BCUT2D eigenvalue weighted by Gasteiger charge is 2.08. The van der Waals surface area contributed by atoms with Crippen molar-refractivity contribution in [3.05, 3.63) is 49.1 Å². The molecule has 3 aromatic rings. The Balaban J connectivity index is 1.82. The van der Waals surface area contributed by atoms with Crippen molar-refractivity contribution in [2.75, 3.05) is 11.1 Å². The fourth-order valence-corrected chi connectivity index (χ4v) is 2.32. The summed E-state index contributed by atoms with van der Waals surface area (Å²) in [6.45, 7) is 2.90. The first-order valence-corrected chi connectivity index (χ1v) is 6.60. The van der Waals surface area contributed by atoms with Gasteiger partial charge in [0.15, 0.2) is 0 Å². The van der Waals surface area contributed by atoms with Crippen LogP contribution in [0.5, 0.6) is 0 Å². The van der Waals surface area contributed by atoms with E-state index in [2.05, 4.69) is 22.3 Å². The Morgan fingerprint density at radius 1 is 1.30 bits per heavy atom. The third kappa shape index (κ3) is 2.42. The predicted molar refractivity (Wildman–Crippen MR) is 81.5 cm³/mol. The number of fused-ring (bicyclic) bond motifs is 1. The molecule has 0 aliphatic heterocycles. The van der Waals surface area contributed by atoms with Crippen molar-refractivity contribution in [3.63, 3.8) is 0 Å². The van der Waals surface area contributed by atoms with Gasteiger partial charge in [0.05, 0.1) is 17.9 Å². The lowest BCUT2D eigenvalue weighted by molar-refractivity contribution is 0.561. The third-order valence-corrected chi connectivity index (χ3v) is 3.28. The molecule has 3 N–H and O–H groups in total. The van der Waals surface area contributed by atoms with Crippen LogP contribution in [0.2, 0.25) is 0 Å². The average molecular weight is 267 g/mol. The molecule has 1 atom stereocenters. The van der Waals surface area contributed by atoms with Crippen LogP contribution < -0.4 is 11.1 Å². The zero-order valence-electron chi connectivity index (χ0n) is 11.3. The largest absolute Gasteiger partial charge is 0.397 e. The van der Waals surface area contributed by atoms with Gasteiger partial charge in [-0.1, -0.05) is 6.07 Å². The molecule has 0 radical (unpaired) electrons. The van der Waals surface area contributed by atoms with E-state index < -0.39 is 0 Å². The summed E-state index contributed by atoms with van der Waals surface area (Å²) in [5, 5.41) is 9.72. The van der Waals surface area contributed by atoms with Crippen molar-refractivity contribution in [1.29, 1.82) is 0 Å². The minimum Gasteiger partial charge on any atom is -0.397 e. The second-order valence-electron chi connectivity index (χ2n) is 4.90. The van der Waals surface area contributed by atoms with Gasteiger partial charge in [-0.3, -0.25) is 9.67 Å². The number of hydrogen-bond donors (Lipinski definition) is 2. The Bertz CT molecular complexity index is 705. The number of benzene rings is 1.